The summed E-state index contributed by atoms with van der Waals surface area (Å²) in [5.74, 6) is 0.0556. The van der Waals surface area contributed by atoms with Gasteiger partial charge in [-0.05, 0) is 38.3 Å². The Balaban J connectivity index is 1.73. The number of nitrogens with zero attached hydrogens (tertiary/aromatic N) is 2. The second-order valence-electron chi connectivity index (χ2n) is 8.49. The van der Waals surface area contributed by atoms with Crippen molar-refractivity contribution in [2.75, 3.05) is 39.3 Å². The first-order valence-electron chi connectivity index (χ1n) is 10.5. The van der Waals surface area contributed by atoms with Crippen LogP contribution in [0.3, 0.4) is 0 Å². The number of ether oxygens (including phenoxy) is 1. The summed E-state index contributed by atoms with van der Waals surface area (Å²) in [5, 5.41) is 5.89. The highest BCUT2D eigenvalue weighted by molar-refractivity contribution is 5.78. The van der Waals surface area contributed by atoms with E-state index in [1.165, 1.54) is 0 Å². The molecule has 2 N–H and O–H groups in total. The van der Waals surface area contributed by atoms with E-state index in [1.807, 2.05) is 50.8 Å². The number of nitrogens with one attached hydrogen (secondary N) is 2. The average molecular weight is 405 g/mol. The van der Waals surface area contributed by atoms with Crippen molar-refractivity contribution in [3.8, 4) is 0 Å². The van der Waals surface area contributed by atoms with Crippen LogP contribution in [-0.2, 0) is 22.7 Å². The number of rotatable bonds is 8. The lowest BCUT2D eigenvalue weighted by Gasteiger charge is -2.34. The number of urea groups is 1. The van der Waals surface area contributed by atoms with E-state index >= 15 is 0 Å². The molecule has 1 aliphatic heterocycles. The van der Waals surface area contributed by atoms with Crippen LogP contribution in [0.15, 0.2) is 24.3 Å². The van der Waals surface area contributed by atoms with Crippen LogP contribution in [0.1, 0.15) is 45.2 Å². The zero-order valence-corrected chi connectivity index (χ0v) is 18.3. The van der Waals surface area contributed by atoms with Gasteiger partial charge in [-0.2, -0.15) is 0 Å². The number of benzene rings is 1. The minimum atomic E-state index is -0.178. The molecule has 1 heterocycles. The number of amides is 3. The van der Waals surface area contributed by atoms with E-state index in [1.54, 1.807) is 0 Å². The third-order valence-corrected chi connectivity index (χ3v) is 4.71. The van der Waals surface area contributed by atoms with Crippen LogP contribution in [0.25, 0.3) is 0 Å². The third-order valence-electron chi connectivity index (χ3n) is 4.71. The summed E-state index contributed by atoms with van der Waals surface area (Å²) in [6, 6.07) is 8.04. The summed E-state index contributed by atoms with van der Waals surface area (Å²) in [7, 11) is 0. The molecule has 1 aromatic rings. The molecule has 1 aromatic carbocycles. The van der Waals surface area contributed by atoms with Gasteiger partial charge in [0.1, 0.15) is 0 Å². The number of carbonyl (C=O) groups is 2. The quantitative estimate of drug-likeness (QED) is 0.698. The lowest BCUT2D eigenvalue weighted by atomic mass is 10.1. The van der Waals surface area contributed by atoms with E-state index in [9.17, 15) is 9.59 Å². The SMILES string of the molecule is CCCNC(=O)CN1CCN(C(=O)NCc2cccc(COC(C)(C)C)c2)CC1. The fourth-order valence-electron chi connectivity index (χ4n) is 3.05. The van der Waals surface area contributed by atoms with E-state index in [4.69, 9.17) is 4.74 Å². The number of carbonyl (C=O) groups excluding carboxylic acids is 2. The van der Waals surface area contributed by atoms with Crippen molar-refractivity contribution in [1.29, 1.82) is 0 Å². The Bertz CT molecular complexity index is 664. The Hall–Kier alpha value is -2.12. The van der Waals surface area contributed by atoms with Gasteiger partial charge in [-0.25, -0.2) is 4.79 Å². The van der Waals surface area contributed by atoms with Crippen LogP contribution >= 0.6 is 0 Å². The average Bonchev–Trinajstić information content (AvgIpc) is 2.69. The van der Waals surface area contributed by atoms with E-state index in [2.05, 4.69) is 21.6 Å². The van der Waals surface area contributed by atoms with Gasteiger partial charge < -0.3 is 20.3 Å². The fourth-order valence-corrected chi connectivity index (χ4v) is 3.05. The molecule has 0 unspecified atom stereocenters. The van der Waals surface area contributed by atoms with Crippen LogP contribution in [0.5, 0.6) is 0 Å². The summed E-state index contributed by atoms with van der Waals surface area (Å²) in [6.07, 6.45) is 0.937. The molecule has 162 valence electrons. The van der Waals surface area contributed by atoms with Crippen molar-refractivity contribution in [1.82, 2.24) is 20.4 Å². The first kappa shape index (κ1) is 23.2. The minimum absolute atomic E-state index is 0.0556. The van der Waals surface area contributed by atoms with Gasteiger partial charge in [0.2, 0.25) is 5.91 Å². The second-order valence-corrected chi connectivity index (χ2v) is 8.49. The molecule has 1 fully saturated rings. The highest BCUT2D eigenvalue weighted by atomic mass is 16.5. The van der Waals surface area contributed by atoms with Crippen LogP contribution in [-0.4, -0.2) is 66.6 Å². The van der Waals surface area contributed by atoms with E-state index in [0.717, 1.165) is 17.5 Å². The maximum atomic E-state index is 12.5. The fraction of sp³-hybridized carbons (Fsp3) is 0.636. The van der Waals surface area contributed by atoms with Gasteiger partial charge in [-0.3, -0.25) is 9.69 Å². The summed E-state index contributed by atoms with van der Waals surface area (Å²) >= 11 is 0. The van der Waals surface area contributed by atoms with Crippen molar-refractivity contribution in [3.63, 3.8) is 0 Å². The molecule has 0 aromatic heterocycles. The maximum Gasteiger partial charge on any atom is 0.317 e. The van der Waals surface area contributed by atoms with Crippen molar-refractivity contribution in [3.05, 3.63) is 35.4 Å². The molecule has 7 heteroatoms. The highest BCUT2D eigenvalue weighted by Crippen LogP contribution is 2.13. The second kappa shape index (κ2) is 11.2. The van der Waals surface area contributed by atoms with Crippen molar-refractivity contribution < 1.29 is 14.3 Å². The minimum Gasteiger partial charge on any atom is -0.371 e. The van der Waals surface area contributed by atoms with Gasteiger partial charge in [-0.15, -0.1) is 0 Å². The lowest BCUT2D eigenvalue weighted by molar-refractivity contribution is -0.122. The molecule has 0 saturated carbocycles. The molecule has 0 atom stereocenters. The van der Waals surface area contributed by atoms with E-state index < -0.39 is 0 Å². The molecule has 1 saturated heterocycles. The molecular weight excluding hydrogens is 368 g/mol. The lowest BCUT2D eigenvalue weighted by Crippen LogP contribution is -2.53. The molecule has 0 bridgehead atoms. The van der Waals surface area contributed by atoms with E-state index in [-0.39, 0.29) is 17.5 Å². The molecule has 0 aliphatic carbocycles. The van der Waals surface area contributed by atoms with Crippen molar-refractivity contribution in [2.45, 2.75) is 52.9 Å². The van der Waals surface area contributed by atoms with Crippen LogP contribution in [0, 0.1) is 0 Å². The predicted molar refractivity (Wildman–Crippen MR) is 115 cm³/mol. The van der Waals surface area contributed by atoms with Crippen molar-refractivity contribution >= 4 is 11.9 Å². The standard InChI is InChI=1S/C22H36N4O3/c1-5-9-23-20(27)16-25-10-12-26(13-11-25)21(28)24-15-18-7-6-8-19(14-18)17-29-22(2,3)4/h6-8,14H,5,9-13,15-17H2,1-4H3,(H,23,27)(H,24,28). The van der Waals surface area contributed by atoms with Crippen LogP contribution in [0.2, 0.25) is 0 Å². The van der Waals surface area contributed by atoms with Gasteiger partial charge in [-0.1, -0.05) is 31.2 Å². The molecule has 2 rings (SSSR count). The molecular formula is C22H36N4O3. The van der Waals surface area contributed by atoms with Gasteiger partial charge in [0.15, 0.2) is 0 Å². The van der Waals surface area contributed by atoms with Crippen molar-refractivity contribution in [2.24, 2.45) is 0 Å². The van der Waals surface area contributed by atoms with Gasteiger partial charge in [0.05, 0.1) is 18.8 Å². The third kappa shape index (κ3) is 8.83. The summed E-state index contributed by atoms with van der Waals surface area (Å²) < 4.78 is 5.82. The Labute approximate surface area is 174 Å². The van der Waals surface area contributed by atoms with Gasteiger partial charge in [0, 0.05) is 39.3 Å². The number of piperazine rings is 1. The monoisotopic (exact) mass is 404 g/mol. The molecule has 3 amide bonds. The number of hydrogen-bond acceptors (Lipinski definition) is 4. The Kier molecular flexibility index (Phi) is 8.92. The Morgan fingerprint density at radius 2 is 1.76 bits per heavy atom. The molecule has 7 nitrogen and oxygen atoms in total. The maximum absolute atomic E-state index is 12.5. The summed E-state index contributed by atoms with van der Waals surface area (Å²) in [5.41, 5.74) is 1.98. The Morgan fingerprint density at radius 3 is 2.41 bits per heavy atom. The molecule has 29 heavy (non-hydrogen) atoms. The largest absolute Gasteiger partial charge is 0.371 e. The topological polar surface area (TPSA) is 73.9 Å². The highest BCUT2D eigenvalue weighted by Gasteiger charge is 2.22. The van der Waals surface area contributed by atoms with Gasteiger partial charge in [0.25, 0.3) is 0 Å². The summed E-state index contributed by atoms with van der Waals surface area (Å²) in [6.45, 7) is 13.0. The predicted octanol–water partition coefficient (Wildman–Crippen LogP) is 2.36. The number of hydrogen-bond donors (Lipinski definition) is 2. The Morgan fingerprint density at radius 1 is 1.07 bits per heavy atom. The summed E-state index contributed by atoms with van der Waals surface area (Å²) in [4.78, 5) is 28.2. The smallest absolute Gasteiger partial charge is 0.317 e. The van der Waals surface area contributed by atoms with E-state index in [0.29, 0.717) is 52.4 Å². The zero-order chi connectivity index (χ0) is 21.3. The molecule has 0 radical (unpaired) electrons. The first-order valence-corrected chi connectivity index (χ1v) is 10.5. The van der Waals surface area contributed by atoms with Crippen LogP contribution < -0.4 is 10.6 Å². The molecule has 1 aliphatic rings. The normalized spacial score (nSPS) is 15.2. The molecule has 0 spiro atoms. The first-order chi connectivity index (χ1) is 13.8. The van der Waals surface area contributed by atoms with Gasteiger partial charge >= 0.3 is 6.03 Å². The zero-order valence-electron chi connectivity index (χ0n) is 18.3. The van der Waals surface area contributed by atoms with Crippen LogP contribution in [0.4, 0.5) is 4.79 Å².